The predicted molar refractivity (Wildman–Crippen MR) is 105 cm³/mol. The maximum absolute atomic E-state index is 12.7. The lowest BCUT2D eigenvalue weighted by Gasteiger charge is -2.33. The van der Waals surface area contributed by atoms with E-state index in [-0.39, 0.29) is 23.8 Å². The Morgan fingerprint density at radius 1 is 1.21 bits per heavy atom. The van der Waals surface area contributed by atoms with Gasteiger partial charge in [0, 0.05) is 31.5 Å². The molecule has 0 spiro atoms. The molecule has 0 aromatic heterocycles. The van der Waals surface area contributed by atoms with E-state index in [1.165, 1.54) is 10.5 Å². The smallest absolute Gasteiger partial charge is 0.223 e. The number of rotatable bonds is 6. The van der Waals surface area contributed by atoms with E-state index in [4.69, 9.17) is 9.47 Å². The molecule has 1 aromatic carbocycles. The maximum Gasteiger partial charge on any atom is 0.223 e. The normalized spacial score (nSPS) is 19.9. The summed E-state index contributed by atoms with van der Waals surface area (Å²) in [6.45, 7) is 6.90. The molecule has 2 aliphatic rings. The second kappa shape index (κ2) is 9.89. The molecule has 3 rings (SSSR count). The van der Waals surface area contributed by atoms with Crippen molar-refractivity contribution < 1.29 is 24.0 Å². The van der Waals surface area contributed by atoms with Gasteiger partial charge in [-0.2, -0.15) is 0 Å². The fourth-order valence-corrected chi connectivity index (χ4v) is 4.12. The van der Waals surface area contributed by atoms with E-state index in [9.17, 15) is 9.59 Å². The van der Waals surface area contributed by atoms with Gasteiger partial charge in [-0.25, -0.2) is 0 Å². The van der Waals surface area contributed by atoms with E-state index in [1.807, 2.05) is 17.0 Å². The standard InChI is InChI=1S/C21H31N3O4/c1-16(25)23-9-7-18(8-10-23)21(26)22-15-20(24-11-13-28-14-12-24)17-3-5-19(27-2)6-4-17/h3-6,18,20H,7-15H2,1-2H3,(H,22,26)/p+1/t20-/m0/s1. The van der Waals surface area contributed by atoms with Gasteiger partial charge in [0.2, 0.25) is 11.8 Å². The number of morpholine rings is 1. The molecule has 2 aliphatic heterocycles. The lowest BCUT2D eigenvalue weighted by molar-refractivity contribution is -0.937. The number of nitrogens with zero attached hydrogens (tertiary/aromatic N) is 1. The second-order valence-corrected chi connectivity index (χ2v) is 7.62. The number of hydrogen-bond acceptors (Lipinski definition) is 4. The van der Waals surface area contributed by atoms with Crippen molar-refractivity contribution in [1.82, 2.24) is 10.2 Å². The van der Waals surface area contributed by atoms with Crippen molar-refractivity contribution in [3.8, 4) is 5.75 Å². The number of likely N-dealkylation sites (tertiary alicyclic amines) is 1. The van der Waals surface area contributed by atoms with E-state index < -0.39 is 0 Å². The number of piperidine rings is 1. The average molecular weight is 391 g/mol. The van der Waals surface area contributed by atoms with E-state index >= 15 is 0 Å². The number of ether oxygens (including phenoxy) is 2. The number of amides is 2. The monoisotopic (exact) mass is 390 g/mol. The van der Waals surface area contributed by atoms with Gasteiger partial charge in [0.1, 0.15) is 24.9 Å². The summed E-state index contributed by atoms with van der Waals surface area (Å²) in [6, 6.07) is 8.31. The zero-order valence-corrected chi connectivity index (χ0v) is 16.9. The molecule has 1 aromatic rings. The van der Waals surface area contributed by atoms with Crippen LogP contribution in [0.1, 0.15) is 31.4 Å². The molecule has 2 saturated heterocycles. The summed E-state index contributed by atoms with van der Waals surface area (Å²) in [7, 11) is 1.66. The Kier molecular flexibility index (Phi) is 7.28. The summed E-state index contributed by atoms with van der Waals surface area (Å²) in [5.74, 6) is 1.02. The van der Waals surface area contributed by atoms with Crippen molar-refractivity contribution >= 4 is 11.8 Å². The molecule has 7 heteroatoms. The van der Waals surface area contributed by atoms with Crippen LogP contribution in [0.2, 0.25) is 0 Å². The lowest BCUT2D eigenvalue weighted by Crippen LogP contribution is -3.15. The van der Waals surface area contributed by atoms with Crippen LogP contribution in [0.25, 0.3) is 0 Å². The molecule has 154 valence electrons. The highest BCUT2D eigenvalue weighted by molar-refractivity contribution is 5.79. The molecular weight excluding hydrogens is 358 g/mol. The number of benzene rings is 1. The van der Waals surface area contributed by atoms with Crippen molar-refractivity contribution in [1.29, 1.82) is 0 Å². The summed E-state index contributed by atoms with van der Waals surface area (Å²) in [5.41, 5.74) is 1.20. The summed E-state index contributed by atoms with van der Waals surface area (Å²) in [4.78, 5) is 27.5. The zero-order valence-electron chi connectivity index (χ0n) is 16.9. The van der Waals surface area contributed by atoms with Crippen LogP contribution in [0.5, 0.6) is 5.75 Å². The third-order valence-corrected chi connectivity index (χ3v) is 5.94. The van der Waals surface area contributed by atoms with E-state index in [0.717, 1.165) is 44.9 Å². The molecule has 0 bridgehead atoms. The minimum Gasteiger partial charge on any atom is -0.497 e. The Balaban J connectivity index is 1.61. The van der Waals surface area contributed by atoms with Crippen LogP contribution >= 0.6 is 0 Å². The number of carbonyl (C=O) groups excluding carboxylic acids is 2. The highest BCUT2D eigenvalue weighted by Crippen LogP contribution is 2.19. The lowest BCUT2D eigenvalue weighted by atomic mass is 9.95. The van der Waals surface area contributed by atoms with Gasteiger partial charge in [-0.05, 0) is 37.1 Å². The van der Waals surface area contributed by atoms with Gasteiger partial charge in [0.05, 0.1) is 26.9 Å². The first-order valence-electron chi connectivity index (χ1n) is 10.2. The molecule has 28 heavy (non-hydrogen) atoms. The molecular formula is C21H32N3O4+. The number of carbonyl (C=O) groups is 2. The van der Waals surface area contributed by atoms with Crippen LogP contribution in [0, 0.1) is 5.92 Å². The van der Waals surface area contributed by atoms with E-state index in [2.05, 4.69) is 17.4 Å². The minimum absolute atomic E-state index is 0.00759. The fourth-order valence-electron chi connectivity index (χ4n) is 4.12. The average Bonchev–Trinajstić information content (AvgIpc) is 2.75. The van der Waals surface area contributed by atoms with Gasteiger partial charge >= 0.3 is 0 Å². The first-order chi connectivity index (χ1) is 13.6. The van der Waals surface area contributed by atoms with Crippen LogP contribution in [0.15, 0.2) is 24.3 Å². The van der Waals surface area contributed by atoms with Crippen LogP contribution in [0.4, 0.5) is 0 Å². The summed E-state index contributed by atoms with van der Waals surface area (Å²) in [6.07, 6.45) is 1.48. The van der Waals surface area contributed by atoms with Crippen LogP contribution in [-0.4, -0.2) is 69.8 Å². The number of quaternary nitrogens is 1. The molecule has 0 radical (unpaired) electrons. The van der Waals surface area contributed by atoms with Gasteiger partial charge in [-0.15, -0.1) is 0 Å². The summed E-state index contributed by atoms with van der Waals surface area (Å²) in [5, 5.41) is 3.19. The largest absolute Gasteiger partial charge is 0.497 e. The summed E-state index contributed by atoms with van der Waals surface area (Å²) >= 11 is 0. The first-order valence-corrected chi connectivity index (χ1v) is 10.2. The van der Waals surface area contributed by atoms with Gasteiger partial charge in [0.15, 0.2) is 0 Å². The number of methoxy groups -OCH3 is 1. The van der Waals surface area contributed by atoms with Gasteiger partial charge in [0.25, 0.3) is 0 Å². The second-order valence-electron chi connectivity index (χ2n) is 7.62. The zero-order chi connectivity index (χ0) is 19.9. The Hall–Kier alpha value is -2.12. The quantitative estimate of drug-likeness (QED) is 0.719. The van der Waals surface area contributed by atoms with E-state index in [0.29, 0.717) is 19.6 Å². The molecule has 0 unspecified atom stereocenters. The topological polar surface area (TPSA) is 72.3 Å². The number of hydrogen-bond donors (Lipinski definition) is 2. The number of nitrogens with one attached hydrogen (secondary N) is 2. The van der Waals surface area contributed by atoms with Crippen LogP contribution < -0.4 is 15.0 Å². The van der Waals surface area contributed by atoms with Crippen molar-refractivity contribution in [3.05, 3.63) is 29.8 Å². The molecule has 2 N–H and O–H groups in total. The first kappa shape index (κ1) is 20.6. The van der Waals surface area contributed by atoms with E-state index in [1.54, 1.807) is 14.0 Å². The van der Waals surface area contributed by atoms with Gasteiger partial charge in [-0.1, -0.05) is 0 Å². The highest BCUT2D eigenvalue weighted by atomic mass is 16.5. The Morgan fingerprint density at radius 3 is 2.43 bits per heavy atom. The Labute approximate surface area is 167 Å². The van der Waals surface area contributed by atoms with Crippen molar-refractivity contribution in [2.24, 2.45) is 5.92 Å². The molecule has 0 saturated carbocycles. The molecule has 2 fully saturated rings. The maximum atomic E-state index is 12.7. The molecule has 0 aliphatic carbocycles. The van der Waals surface area contributed by atoms with Gasteiger partial charge in [-0.3, -0.25) is 9.59 Å². The van der Waals surface area contributed by atoms with Crippen molar-refractivity contribution in [3.63, 3.8) is 0 Å². The third-order valence-electron chi connectivity index (χ3n) is 5.94. The van der Waals surface area contributed by atoms with Crippen molar-refractivity contribution in [2.75, 3.05) is 53.0 Å². The molecule has 2 amide bonds. The SMILES string of the molecule is COc1ccc([C@H](CNC(=O)C2CCN(C(C)=O)CC2)[NH+]2CCOCC2)cc1. The molecule has 7 nitrogen and oxygen atoms in total. The Morgan fingerprint density at radius 2 is 1.86 bits per heavy atom. The summed E-state index contributed by atoms with van der Waals surface area (Å²) < 4.78 is 10.8. The minimum atomic E-state index is -0.00759. The highest BCUT2D eigenvalue weighted by Gasteiger charge is 2.30. The predicted octanol–water partition coefficient (Wildman–Crippen LogP) is 0.0261. The van der Waals surface area contributed by atoms with Crippen LogP contribution in [0.3, 0.4) is 0 Å². The molecule has 1 atom stereocenters. The van der Waals surface area contributed by atoms with Crippen molar-refractivity contribution in [2.45, 2.75) is 25.8 Å². The third kappa shape index (κ3) is 5.23. The fraction of sp³-hybridized carbons (Fsp3) is 0.619. The Bertz CT molecular complexity index is 650. The van der Waals surface area contributed by atoms with Gasteiger partial charge < -0.3 is 24.6 Å². The van der Waals surface area contributed by atoms with Crippen LogP contribution in [-0.2, 0) is 14.3 Å². The molecule has 2 heterocycles.